The number of aliphatic hydroxyl groups is 5. The minimum atomic E-state index is -5.17. The van der Waals surface area contributed by atoms with Crippen LogP contribution in [0.15, 0.2) is 0 Å². The van der Waals surface area contributed by atoms with E-state index in [2.05, 4.69) is 4.18 Å². The van der Waals surface area contributed by atoms with Gasteiger partial charge in [-0.15, -0.1) is 0 Å². The molecule has 0 radical (unpaired) electrons. The number of hydrogen-bond donors (Lipinski definition) is 6. The Bertz CT molecular complexity index is 355. The van der Waals surface area contributed by atoms with Crippen molar-refractivity contribution in [2.45, 2.75) is 24.4 Å². The summed E-state index contributed by atoms with van der Waals surface area (Å²) in [6, 6.07) is 0. The van der Waals surface area contributed by atoms with E-state index in [-0.39, 0.29) is 51.4 Å². The molecule has 18 heavy (non-hydrogen) atoms. The Balaban J connectivity index is 0. The van der Waals surface area contributed by atoms with Crippen molar-refractivity contribution in [2.75, 3.05) is 6.61 Å². The monoisotopic (exact) mass is 316 g/mol. The SMILES string of the molecule is O=C(OS(=O)(=O)O)[C@H](O)[C@@H](O)[C@H](O)[C@H](O)CO.[KH]. The molecule has 0 fully saturated rings. The first-order chi connectivity index (χ1) is 7.60. The molecule has 0 heterocycles. The van der Waals surface area contributed by atoms with E-state index in [0.29, 0.717) is 0 Å². The fourth-order valence-electron chi connectivity index (χ4n) is 0.815. The third-order valence-electron chi connectivity index (χ3n) is 1.68. The molecular formula is C6H13KO10S. The van der Waals surface area contributed by atoms with Crippen LogP contribution in [0.4, 0.5) is 0 Å². The van der Waals surface area contributed by atoms with Gasteiger partial charge in [-0.3, -0.25) is 4.55 Å². The van der Waals surface area contributed by atoms with Gasteiger partial charge in [-0.05, 0) is 0 Å². The van der Waals surface area contributed by atoms with E-state index in [9.17, 15) is 13.2 Å². The van der Waals surface area contributed by atoms with Gasteiger partial charge in [-0.25, -0.2) is 4.79 Å². The van der Waals surface area contributed by atoms with E-state index in [0.717, 1.165) is 0 Å². The average Bonchev–Trinajstić information content (AvgIpc) is 2.22. The van der Waals surface area contributed by atoms with Crippen LogP contribution in [0.5, 0.6) is 0 Å². The third-order valence-corrected chi connectivity index (χ3v) is 2.06. The first-order valence-corrected chi connectivity index (χ1v) is 5.50. The maximum absolute atomic E-state index is 10.8. The standard InChI is InChI=1S/C6H12O10S.K.H/c7-1-2(8)3(9)4(10)5(11)6(12)16-17(13,14)15;;/h2-5,7-11H,1H2,(H,13,14,15);;/t2-,3-,4+,5-;;/m1../s1. The van der Waals surface area contributed by atoms with Crippen LogP contribution in [0.3, 0.4) is 0 Å². The first-order valence-electron chi connectivity index (χ1n) is 4.14. The molecule has 0 saturated heterocycles. The molecule has 0 aromatic carbocycles. The van der Waals surface area contributed by atoms with Crippen molar-refractivity contribution >= 4 is 67.8 Å². The van der Waals surface area contributed by atoms with Gasteiger partial charge in [0.2, 0.25) is 0 Å². The van der Waals surface area contributed by atoms with Crippen LogP contribution in [0.25, 0.3) is 0 Å². The Morgan fingerprint density at radius 3 is 1.89 bits per heavy atom. The van der Waals surface area contributed by atoms with Gasteiger partial charge in [-0.2, -0.15) is 8.42 Å². The first kappa shape index (κ1) is 21.1. The zero-order valence-electron chi connectivity index (χ0n) is 8.24. The van der Waals surface area contributed by atoms with Crippen LogP contribution in [0, 0.1) is 0 Å². The van der Waals surface area contributed by atoms with E-state index in [1.165, 1.54) is 0 Å². The van der Waals surface area contributed by atoms with Gasteiger partial charge in [0.1, 0.15) is 18.3 Å². The number of carbonyl (C=O) groups is 1. The van der Waals surface area contributed by atoms with E-state index in [1.807, 2.05) is 0 Å². The van der Waals surface area contributed by atoms with Gasteiger partial charge in [-0.1, -0.05) is 0 Å². The summed E-state index contributed by atoms with van der Waals surface area (Å²) in [5, 5.41) is 44.5. The van der Waals surface area contributed by atoms with Crippen LogP contribution in [0.1, 0.15) is 0 Å². The van der Waals surface area contributed by atoms with Gasteiger partial charge in [0.15, 0.2) is 6.10 Å². The van der Waals surface area contributed by atoms with Crippen molar-refractivity contribution in [3.63, 3.8) is 0 Å². The van der Waals surface area contributed by atoms with Crippen molar-refractivity contribution in [3.8, 4) is 0 Å². The summed E-state index contributed by atoms with van der Waals surface area (Å²) in [5.41, 5.74) is 0. The molecule has 12 heteroatoms. The minimum absolute atomic E-state index is 0. The maximum atomic E-state index is 10.8. The van der Waals surface area contributed by atoms with Crippen molar-refractivity contribution in [1.82, 2.24) is 0 Å². The normalized spacial score (nSPS) is 18.1. The third kappa shape index (κ3) is 7.42. The van der Waals surface area contributed by atoms with Crippen LogP contribution in [0.2, 0.25) is 0 Å². The molecule has 0 aliphatic rings. The van der Waals surface area contributed by atoms with Gasteiger partial charge in [0.05, 0.1) is 6.61 Å². The van der Waals surface area contributed by atoms with E-state index in [4.69, 9.17) is 30.1 Å². The molecule has 0 aliphatic heterocycles. The predicted octanol–water partition coefficient (Wildman–Crippen LogP) is -4.88. The molecule has 0 aliphatic carbocycles. The quantitative estimate of drug-likeness (QED) is 0.205. The van der Waals surface area contributed by atoms with Crippen molar-refractivity contribution in [3.05, 3.63) is 0 Å². The average molecular weight is 316 g/mol. The van der Waals surface area contributed by atoms with Gasteiger partial charge in [0, 0.05) is 0 Å². The summed E-state index contributed by atoms with van der Waals surface area (Å²) in [4.78, 5) is 10.8. The predicted molar refractivity (Wildman–Crippen MR) is 55.9 cm³/mol. The molecule has 0 rings (SSSR count). The zero-order valence-corrected chi connectivity index (χ0v) is 9.06. The summed E-state index contributed by atoms with van der Waals surface area (Å²) < 4.78 is 31.6. The van der Waals surface area contributed by atoms with E-state index in [1.54, 1.807) is 0 Å². The van der Waals surface area contributed by atoms with E-state index < -0.39 is 47.4 Å². The second kappa shape index (κ2) is 8.88. The second-order valence-corrected chi connectivity index (χ2v) is 4.03. The van der Waals surface area contributed by atoms with Crippen LogP contribution < -0.4 is 0 Å². The summed E-state index contributed by atoms with van der Waals surface area (Å²) in [6.45, 7) is -0.974. The molecule has 104 valence electrons. The van der Waals surface area contributed by atoms with Crippen molar-refractivity contribution < 1.29 is 47.5 Å². The van der Waals surface area contributed by atoms with E-state index >= 15 is 0 Å². The molecule has 10 nitrogen and oxygen atoms in total. The van der Waals surface area contributed by atoms with Gasteiger partial charge < -0.3 is 29.7 Å². The Kier molecular flexibility index (Phi) is 10.4. The molecule has 0 amide bonds. The molecule has 0 saturated carbocycles. The van der Waals surface area contributed by atoms with Crippen LogP contribution >= 0.6 is 0 Å². The molecular weight excluding hydrogens is 303 g/mol. The topological polar surface area (TPSA) is 182 Å². The second-order valence-electron chi connectivity index (χ2n) is 3.01. The number of rotatable bonds is 6. The Morgan fingerprint density at radius 2 is 1.56 bits per heavy atom. The fraction of sp³-hybridized carbons (Fsp3) is 0.833. The summed E-state index contributed by atoms with van der Waals surface area (Å²) in [6.07, 6.45) is -8.83. The van der Waals surface area contributed by atoms with Gasteiger partial charge in [0.25, 0.3) is 0 Å². The molecule has 0 aromatic rings. The van der Waals surface area contributed by atoms with Crippen LogP contribution in [-0.4, -0.2) is 127 Å². The molecule has 0 unspecified atom stereocenters. The molecule has 0 spiro atoms. The number of aliphatic hydroxyl groups excluding tert-OH is 5. The fourth-order valence-corrected chi connectivity index (χ4v) is 1.12. The van der Waals surface area contributed by atoms with Crippen molar-refractivity contribution in [1.29, 1.82) is 0 Å². The summed E-state index contributed by atoms with van der Waals surface area (Å²) >= 11 is 0. The van der Waals surface area contributed by atoms with Gasteiger partial charge >= 0.3 is 67.8 Å². The molecule has 0 bridgehead atoms. The summed E-state index contributed by atoms with van der Waals surface area (Å²) in [5.74, 6) is -1.95. The molecule has 4 atom stereocenters. The number of carbonyl (C=O) groups excluding carboxylic acids is 1. The number of hydrogen-bond acceptors (Lipinski definition) is 9. The Labute approximate surface area is 145 Å². The zero-order chi connectivity index (χ0) is 13.8. The Morgan fingerprint density at radius 1 is 1.11 bits per heavy atom. The van der Waals surface area contributed by atoms with Crippen molar-refractivity contribution in [2.24, 2.45) is 0 Å². The molecule has 0 aromatic heterocycles. The van der Waals surface area contributed by atoms with Crippen LogP contribution in [-0.2, 0) is 19.4 Å². The summed E-state index contributed by atoms with van der Waals surface area (Å²) in [7, 11) is -5.17. The molecule has 6 N–H and O–H groups in total. The Hall–Kier alpha value is 0.816.